The first-order valence-corrected chi connectivity index (χ1v) is 7.25. The summed E-state index contributed by atoms with van der Waals surface area (Å²) < 4.78 is 25.8. The van der Waals surface area contributed by atoms with Crippen molar-refractivity contribution in [3.8, 4) is 0 Å². The highest BCUT2D eigenvalue weighted by atomic mass is 35.5. The molecule has 0 bridgehead atoms. The van der Waals surface area contributed by atoms with Gasteiger partial charge in [0.15, 0.2) is 11.6 Å². The van der Waals surface area contributed by atoms with Crippen molar-refractivity contribution in [3.05, 3.63) is 53.1 Å². The van der Waals surface area contributed by atoms with E-state index in [1.165, 1.54) is 17.8 Å². The molecule has 3 nitrogen and oxygen atoms in total. The van der Waals surface area contributed by atoms with E-state index in [1.54, 1.807) is 18.2 Å². The minimum Gasteiger partial charge on any atom is -0.399 e. The number of hydrogen-bond acceptors (Lipinski definition) is 3. The Labute approximate surface area is 129 Å². The zero-order valence-electron chi connectivity index (χ0n) is 10.7. The van der Waals surface area contributed by atoms with Crippen LogP contribution in [0.15, 0.2) is 41.3 Å². The summed E-state index contributed by atoms with van der Waals surface area (Å²) in [6.45, 7) is 0. The maximum absolute atomic E-state index is 13.0. The van der Waals surface area contributed by atoms with Gasteiger partial charge in [-0.25, -0.2) is 8.78 Å². The van der Waals surface area contributed by atoms with E-state index in [9.17, 15) is 13.6 Å². The SMILES string of the molecule is Nc1ccc(SCC(=O)Nc2ccc(F)c(F)c2)c(Cl)c1. The molecule has 0 radical (unpaired) electrons. The number of halogens is 3. The van der Waals surface area contributed by atoms with E-state index in [2.05, 4.69) is 5.32 Å². The number of amides is 1. The number of nitrogen functional groups attached to an aromatic ring is 1. The summed E-state index contributed by atoms with van der Waals surface area (Å²) in [6, 6.07) is 8.16. The maximum atomic E-state index is 13.0. The highest BCUT2D eigenvalue weighted by Gasteiger charge is 2.08. The number of nitrogens with one attached hydrogen (secondary N) is 1. The van der Waals surface area contributed by atoms with Crippen molar-refractivity contribution in [1.82, 2.24) is 0 Å². The molecule has 0 unspecified atom stereocenters. The van der Waals surface area contributed by atoms with Crippen molar-refractivity contribution < 1.29 is 13.6 Å². The minimum absolute atomic E-state index is 0.0859. The third-order valence-corrected chi connectivity index (χ3v) is 4.02. The average Bonchev–Trinajstić information content (AvgIpc) is 2.42. The van der Waals surface area contributed by atoms with Crippen LogP contribution in [0.2, 0.25) is 5.02 Å². The highest BCUT2D eigenvalue weighted by molar-refractivity contribution is 8.00. The summed E-state index contributed by atoms with van der Waals surface area (Å²) in [4.78, 5) is 12.5. The minimum atomic E-state index is -1.01. The lowest BCUT2D eigenvalue weighted by Crippen LogP contribution is -2.14. The van der Waals surface area contributed by atoms with Crippen LogP contribution in [-0.2, 0) is 4.79 Å². The molecule has 0 spiro atoms. The molecule has 0 saturated carbocycles. The second-order valence-corrected chi connectivity index (χ2v) is 5.58. The summed E-state index contributed by atoms with van der Waals surface area (Å²) in [5, 5.41) is 2.94. The van der Waals surface area contributed by atoms with Gasteiger partial charge >= 0.3 is 0 Å². The lowest BCUT2D eigenvalue weighted by molar-refractivity contribution is -0.113. The Kier molecular flexibility index (Phi) is 5.03. The first kappa shape index (κ1) is 15.6. The zero-order valence-corrected chi connectivity index (χ0v) is 12.3. The predicted molar refractivity (Wildman–Crippen MR) is 81.6 cm³/mol. The smallest absolute Gasteiger partial charge is 0.234 e. The van der Waals surface area contributed by atoms with Gasteiger partial charge in [-0.05, 0) is 30.3 Å². The van der Waals surface area contributed by atoms with E-state index < -0.39 is 11.6 Å². The van der Waals surface area contributed by atoms with Crippen LogP contribution in [-0.4, -0.2) is 11.7 Å². The van der Waals surface area contributed by atoms with Gasteiger partial charge in [-0.2, -0.15) is 0 Å². The van der Waals surface area contributed by atoms with Crippen molar-refractivity contribution in [2.45, 2.75) is 4.90 Å². The van der Waals surface area contributed by atoms with E-state index in [0.717, 1.165) is 12.1 Å². The van der Waals surface area contributed by atoms with Crippen molar-refractivity contribution in [3.63, 3.8) is 0 Å². The molecule has 21 heavy (non-hydrogen) atoms. The topological polar surface area (TPSA) is 55.1 Å². The molecule has 0 saturated heterocycles. The monoisotopic (exact) mass is 328 g/mol. The number of carbonyl (C=O) groups excluding carboxylic acids is 1. The standard InChI is InChI=1S/C14H11ClF2N2OS/c15-10-5-8(18)1-4-13(10)21-7-14(20)19-9-2-3-11(16)12(17)6-9/h1-6H,7,18H2,(H,19,20). The first-order chi connectivity index (χ1) is 9.95. The lowest BCUT2D eigenvalue weighted by Gasteiger charge is -2.07. The third kappa shape index (κ3) is 4.34. The van der Waals surface area contributed by atoms with Crippen LogP contribution in [0.4, 0.5) is 20.2 Å². The molecule has 110 valence electrons. The molecule has 2 aromatic carbocycles. The van der Waals surface area contributed by atoms with Crippen LogP contribution in [0.1, 0.15) is 0 Å². The molecule has 2 rings (SSSR count). The molecule has 1 amide bonds. The predicted octanol–water partition coefficient (Wildman–Crippen LogP) is 3.93. The largest absolute Gasteiger partial charge is 0.399 e. The number of anilines is 2. The van der Waals surface area contributed by atoms with Crippen LogP contribution < -0.4 is 11.1 Å². The fourth-order valence-electron chi connectivity index (χ4n) is 1.55. The summed E-state index contributed by atoms with van der Waals surface area (Å²) in [7, 11) is 0. The summed E-state index contributed by atoms with van der Waals surface area (Å²) in [6.07, 6.45) is 0. The van der Waals surface area contributed by atoms with Crippen molar-refractivity contribution in [2.24, 2.45) is 0 Å². The van der Waals surface area contributed by atoms with E-state index >= 15 is 0 Å². The average molecular weight is 329 g/mol. The molecule has 0 fully saturated rings. The molecule has 3 N–H and O–H groups in total. The second kappa shape index (κ2) is 6.78. The summed E-state index contributed by atoms with van der Waals surface area (Å²) in [5.41, 5.74) is 6.31. The first-order valence-electron chi connectivity index (χ1n) is 5.88. The maximum Gasteiger partial charge on any atom is 0.234 e. The van der Waals surface area contributed by atoms with E-state index in [0.29, 0.717) is 15.6 Å². The molecular weight excluding hydrogens is 318 g/mol. The molecule has 7 heteroatoms. The van der Waals surface area contributed by atoms with Crippen molar-refractivity contribution >= 4 is 40.6 Å². The summed E-state index contributed by atoms with van der Waals surface area (Å²) >= 11 is 7.21. The fourth-order valence-corrected chi connectivity index (χ4v) is 2.62. The van der Waals surface area contributed by atoms with Crippen LogP contribution in [0.5, 0.6) is 0 Å². The quantitative estimate of drug-likeness (QED) is 0.660. The van der Waals surface area contributed by atoms with Gasteiger partial charge in [0.2, 0.25) is 5.91 Å². The molecule has 0 atom stereocenters. The van der Waals surface area contributed by atoms with Crippen molar-refractivity contribution in [1.29, 1.82) is 0 Å². The number of rotatable bonds is 4. The lowest BCUT2D eigenvalue weighted by atomic mass is 10.3. The van der Waals surface area contributed by atoms with E-state index in [-0.39, 0.29) is 17.3 Å². The zero-order chi connectivity index (χ0) is 15.4. The Bertz CT molecular complexity index is 682. The Hall–Kier alpha value is -1.79. The van der Waals surface area contributed by atoms with Gasteiger partial charge in [0.25, 0.3) is 0 Å². The highest BCUT2D eigenvalue weighted by Crippen LogP contribution is 2.28. The van der Waals surface area contributed by atoms with Crippen LogP contribution in [0, 0.1) is 11.6 Å². The number of benzene rings is 2. The molecule has 0 aromatic heterocycles. The molecule has 0 aliphatic heterocycles. The van der Waals surface area contributed by atoms with Gasteiger partial charge in [0.1, 0.15) is 0 Å². The Morgan fingerprint density at radius 1 is 1.19 bits per heavy atom. The molecule has 0 aliphatic carbocycles. The van der Waals surface area contributed by atoms with Gasteiger partial charge in [-0.1, -0.05) is 11.6 Å². The van der Waals surface area contributed by atoms with Gasteiger partial charge in [-0.15, -0.1) is 11.8 Å². The van der Waals surface area contributed by atoms with Crippen LogP contribution >= 0.6 is 23.4 Å². The summed E-state index contributed by atoms with van der Waals surface area (Å²) in [5.74, 6) is -2.24. The fraction of sp³-hybridized carbons (Fsp3) is 0.0714. The Morgan fingerprint density at radius 2 is 1.95 bits per heavy atom. The van der Waals surface area contributed by atoms with Crippen LogP contribution in [0.25, 0.3) is 0 Å². The van der Waals surface area contributed by atoms with E-state index in [4.69, 9.17) is 17.3 Å². The molecule has 0 aliphatic rings. The van der Waals surface area contributed by atoms with Gasteiger partial charge < -0.3 is 11.1 Å². The molecule has 2 aromatic rings. The van der Waals surface area contributed by atoms with Gasteiger partial charge in [0.05, 0.1) is 10.8 Å². The molecular formula is C14H11ClF2N2OS. The Morgan fingerprint density at radius 3 is 2.62 bits per heavy atom. The number of nitrogens with two attached hydrogens (primary N) is 1. The number of carbonyl (C=O) groups is 1. The second-order valence-electron chi connectivity index (χ2n) is 4.16. The normalized spacial score (nSPS) is 10.4. The molecule has 0 heterocycles. The van der Waals surface area contributed by atoms with Gasteiger partial charge in [0, 0.05) is 22.3 Å². The van der Waals surface area contributed by atoms with Gasteiger partial charge in [-0.3, -0.25) is 4.79 Å². The third-order valence-electron chi connectivity index (χ3n) is 2.52. The van der Waals surface area contributed by atoms with Crippen LogP contribution in [0.3, 0.4) is 0 Å². The number of hydrogen-bond donors (Lipinski definition) is 2. The van der Waals surface area contributed by atoms with E-state index in [1.807, 2.05) is 0 Å². The van der Waals surface area contributed by atoms with Crippen molar-refractivity contribution in [2.75, 3.05) is 16.8 Å². The number of thioether (sulfide) groups is 1. The Balaban J connectivity index is 1.94.